The molecular formula is C18H30IN3O. The molecule has 1 aromatic rings. The molecule has 2 rings (SSSR count). The second kappa shape index (κ2) is 10.1. The van der Waals surface area contributed by atoms with Crippen LogP contribution < -0.4 is 5.32 Å². The predicted molar refractivity (Wildman–Crippen MR) is 108 cm³/mol. The fraction of sp³-hybridized carbons (Fsp3) is 0.611. The second-order valence-electron chi connectivity index (χ2n) is 6.23. The van der Waals surface area contributed by atoms with E-state index < -0.39 is 0 Å². The molecule has 1 atom stereocenters. The lowest BCUT2D eigenvalue weighted by molar-refractivity contribution is 0.108. The molecule has 1 saturated heterocycles. The number of aliphatic hydroxyl groups is 1. The molecule has 0 aliphatic carbocycles. The molecule has 130 valence electrons. The Morgan fingerprint density at radius 1 is 1.39 bits per heavy atom. The van der Waals surface area contributed by atoms with Crippen molar-refractivity contribution in [2.45, 2.75) is 45.6 Å². The number of nitrogens with zero attached hydrogens (tertiary/aromatic N) is 2. The fourth-order valence-corrected chi connectivity index (χ4v) is 2.81. The standard InChI is InChI=1S/C18H29N3O.HI/c1-4-19-18(21-10-8-17(22)9-11-21)20-13-15(3)16-7-5-6-14(2)12-16;/h5-7,12,15,17,22H,4,8-11,13H2,1-3H3,(H,19,20);1H. The third kappa shape index (κ3) is 6.30. The minimum absolute atomic E-state index is 0. The van der Waals surface area contributed by atoms with Gasteiger partial charge in [0.25, 0.3) is 0 Å². The van der Waals surface area contributed by atoms with Crippen LogP contribution in [0.3, 0.4) is 0 Å². The molecule has 0 radical (unpaired) electrons. The Labute approximate surface area is 157 Å². The van der Waals surface area contributed by atoms with E-state index in [0.717, 1.165) is 45.0 Å². The number of rotatable bonds is 4. The van der Waals surface area contributed by atoms with Gasteiger partial charge in [0.2, 0.25) is 0 Å². The van der Waals surface area contributed by atoms with Crippen molar-refractivity contribution in [1.82, 2.24) is 10.2 Å². The summed E-state index contributed by atoms with van der Waals surface area (Å²) in [5.74, 6) is 1.39. The summed E-state index contributed by atoms with van der Waals surface area (Å²) in [5, 5.41) is 13.0. The third-order valence-corrected chi connectivity index (χ3v) is 4.22. The van der Waals surface area contributed by atoms with Crippen LogP contribution in [0, 0.1) is 6.92 Å². The summed E-state index contributed by atoms with van der Waals surface area (Å²) in [6, 6.07) is 8.66. The molecule has 5 heteroatoms. The van der Waals surface area contributed by atoms with Crippen LogP contribution in [0.5, 0.6) is 0 Å². The number of aryl methyl sites for hydroxylation is 1. The summed E-state index contributed by atoms with van der Waals surface area (Å²) in [4.78, 5) is 7.08. The smallest absolute Gasteiger partial charge is 0.193 e. The minimum atomic E-state index is -0.148. The maximum absolute atomic E-state index is 9.64. The maximum atomic E-state index is 9.64. The Morgan fingerprint density at radius 3 is 2.70 bits per heavy atom. The molecule has 1 aliphatic rings. The van der Waals surface area contributed by atoms with E-state index >= 15 is 0 Å². The van der Waals surface area contributed by atoms with Crippen LogP contribution in [0.1, 0.15) is 43.7 Å². The molecule has 0 bridgehead atoms. The SMILES string of the molecule is CCNC(=NCC(C)c1cccc(C)c1)N1CCC(O)CC1.I. The largest absolute Gasteiger partial charge is 0.393 e. The molecule has 1 unspecified atom stereocenters. The molecule has 1 heterocycles. The van der Waals surface area contributed by atoms with Crippen LogP contribution in [-0.4, -0.2) is 48.2 Å². The van der Waals surface area contributed by atoms with Crippen molar-refractivity contribution in [3.63, 3.8) is 0 Å². The number of hydrogen-bond donors (Lipinski definition) is 2. The molecular weight excluding hydrogens is 401 g/mol. The molecule has 0 aromatic heterocycles. The molecule has 1 aromatic carbocycles. The lowest BCUT2D eigenvalue weighted by atomic mass is 10.00. The normalized spacial score (nSPS) is 17.6. The number of piperidine rings is 1. The fourth-order valence-electron chi connectivity index (χ4n) is 2.81. The summed E-state index contributed by atoms with van der Waals surface area (Å²) >= 11 is 0. The highest BCUT2D eigenvalue weighted by Crippen LogP contribution is 2.17. The molecule has 0 saturated carbocycles. The van der Waals surface area contributed by atoms with E-state index in [1.165, 1.54) is 11.1 Å². The summed E-state index contributed by atoms with van der Waals surface area (Å²) in [7, 11) is 0. The maximum Gasteiger partial charge on any atom is 0.193 e. The zero-order valence-electron chi connectivity index (χ0n) is 14.5. The molecule has 0 amide bonds. The van der Waals surface area contributed by atoms with Gasteiger partial charge in [-0.25, -0.2) is 0 Å². The quantitative estimate of drug-likeness (QED) is 0.438. The topological polar surface area (TPSA) is 47.9 Å². The van der Waals surface area contributed by atoms with Gasteiger partial charge in [0.1, 0.15) is 0 Å². The van der Waals surface area contributed by atoms with Crippen LogP contribution in [0.25, 0.3) is 0 Å². The number of aliphatic hydroxyl groups excluding tert-OH is 1. The lowest BCUT2D eigenvalue weighted by Crippen LogP contribution is -2.46. The molecule has 0 spiro atoms. The number of hydrogen-bond acceptors (Lipinski definition) is 2. The molecule has 1 aliphatic heterocycles. The van der Waals surface area contributed by atoms with Gasteiger partial charge in [-0.15, -0.1) is 24.0 Å². The molecule has 2 N–H and O–H groups in total. The Bertz CT molecular complexity index is 499. The lowest BCUT2D eigenvalue weighted by Gasteiger charge is -2.32. The third-order valence-electron chi connectivity index (χ3n) is 4.22. The summed E-state index contributed by atoms with van der Waals surface area (Å²) in [5.41, 5.74) is 2.64. The first-order chi connectivity index (χ1) is 10.6. The minimum Gasteiger partial charge on any atom is -0.393 e. The van der Waals surface area contributed by atoms with Gasteiger partial charge in [0, 0.05) is 32.1 Å². The van der Waals surface area contributed by atoms with Crippen LogP contribution in [0.4, 0.5) is 0 Å². The van der Waals surface area contributed by atoms with E-state index in [1.807, 2.05) is 0 Å². The summed E-state index contributed by atoms with van der Waals surface area (Å²) < 4.78 is 0. The van der Waals surface area contributed by atoms with E-state index in [4.69, 9.17) is 4.99 Å². The van der Waals surface area contributed by atoms with Crippen molar-refractivity contribution in [1.29, 1.82) is 0 Å². The number of aliphatic imine (C=N–C) groups is 1. The predicted octanol–water partition coefficient (Wildman–Crippen LogP) is 3.14. The van der Waals surface area contributed by atoms with Gasteiger partial charge in [-0.2, -0.15) is 0 Å². The van der Waals surface area contributed by atoms with Gasteiger partial charge in [-0.05, 0) is 32.3 Å². The zero-order valence-corrected chi connectivity index (χ0v) is 16.8. The molecule has 1 fully saturated rings. The average Bonchev–Trinajstić information content (AvgIpc) is 2.52. The Hall–Kier alpha value is -0.820. The average molecular weight is 431 g/mol. The first-order valence-electron chi connectivity index (χ1n) is 8.38. The van der Waals surface area contributed by atoms with E-state index in [-0.39, 0.29) is 30.1 Å². The van der Waals surface area contributed by atoms with Crippen molar-refractivity contribution in [2.75, 3.05) is 26.2 Å². The first kappa shape index (κ1) is 20.2. The summed E-state index contributed by atoms with van der Waals surface area (Å²) in [6.07, 6.45) is 1.51. The van der Waals surface area contributed by atoms with Gasteiger partial charge < -0.3 is 15.3 Å². The highest BCUT2D eigenvalue weighted by atomic mass is 127. The second-order valence-corrected chi connectivity index (χ2v) is 6.23. The number of likely N-dealkylation sites (tertiary alicyclic amines) is 1. The van der Waals surface area contributed by atoms with E-state index in [0.29, 0.717) is 5.92 Å². The van der Waals surface area contributed by atoms with Crippen molar-refractivity contribution >= 4 is 29.9 Å². The number of nitrogens with one attached hydrogen (secondary N) is 1. The Kier molecular flexibility index (Phi) is 8.91. The monoisotopic (exact) mass is 431 g/mol. The van der Waals surface area contributed by atoms with E-state index in [2.05, 4.69) is 55.3 Å². The van der Waals surface area contributed by atoms with E-state index in [9.17, 15) is 5.11 Å². The van der Waals surface area contributed by atoms with Gasteiger partial charge in [0.15, 0.2) is 5.96 Å². The summed E-state index contributed by atoms with van der Waals surface area (Å²) in [6.45, 7) is 9.86. The van der Waals surface area contributed by atoms with Gasteiger partial charge in [-0.3, -0.25) is 4.99 Å². The van der Waals surface area contributed by atoms with Crippen LogP contribution in [-0.2, 0) is 0 Å². The molecule has 23 heavy (non-hydrogen) atoms. The highest BCUT2D eigenvalue weighted by Gasteiger charge is 2.19. The zero-order chi connectivity index (χ0) is 15.9. The van der Waals surface area contributed by atoms with Crippen LogP contribution in [0.15, 0.2) is 29.3 Å². The van der Waals surface area contributed by atoms with Crippen molar-refractivity contribution in [3.8, 4) is 0 Å². The van der Waals surface area contributed by atoms with Gasteiger partial charge in [-0.1, -0.05) is 36.8 Å². The number of halogens is 1. The first-order valence-corrected chi connectivity index (χ1v) is 8.38. The Balaban J connectivity index is 0.00000264. The molecule has 4 nitrogen and oxygen atoms in total. The van der Waals surface area contributed by atoms with Crippen LogP contribution >= 0.6 is 24.0 Å². The van der Waals surface area contributed by atoms with Gasteiger partial charge >= 0.3 is 0 Å². The van der Waals surface area contributed by atoms with Crippen molar-refractivity contribution in [3.05, 3.63) is 35.4 Å². The van der Waals surface area contributed by atoms with Crippen LogP contribution in [0.2, 0.25) is 0 Å². The number of benzene rings is 1. The van der Waals surface area contributed by atoms with Gasteiger partial charge in [0.05, 0.1) is 6.10 Å². The Morgan fingerprint density at radius 2 is 2.09 bits per heavy atom. The van der Waals surface area contributed by atoms with Crippen molar-refractivity contribution in [2.24, 2.45) is 4.99 Å². The highest BCUT2D eigenvalue weighted by molar-refractivity contribution is 14.0. The van der Waals surface area contributed by atoms with E-state index in [1.54, 1.807) is 0 Å². The number of guanidine groups is 1. The van der Waals surface area contributed by atoms with Crippen molar-refractivity contribution < 1.29 is 5.11 Å².